The molecule has 2 fully saturated rings. The van der Waals surface area contributed by atoms with Crippen molar-refractivity contribution in [1.29, 1.82) is 5.26 Å². The first-order chi connectivity index (χ1) is 21.0. The zero-order valence-corrected chi connectivity index (χ0v) is 25.3. The predicted octanol–water partition coefficient (Wildman–Crippen LogP) is 7.13. The fourth-order valence-electron chi connectivity index (χ4n) is 5.82. The number of carbonyl (C=O) groups excluding carboxylic acids is 3. The molecule has 2 atom stereocenters. The van der Waals surface area contributed by atoms with E-state index in [1.165, 1.54) is 46.0 Å². The van der Waals surface area contributed by atoms with Gasteiger partial charge in [0, 0.05) is 53.0 Å². The van der Waals surface area contributed by atoms with E-state index in [1.54, 1.807) is 36.6 Å². The number of anilines is 2. The Kier molecular flexibility index (Phi) is 9.32. The van der Waals surface area contributed by atoms with Gasteiger partial charge in [0.15, 0.2) is 5.78 Å². The Bertz CT molecular complexity index is 1640. The van der Waals surface area contributed by atoms with Crippen molar-refractivity contribution in [2.45, 2.75) is 61.4 Å². The van der Waals surface area contributed by atoms with Gasteiger partial charge in [0.1, 0.15) is 23.7 Å². The Hall–Kier alpha value is -3.88. The smallest absolute Gasteiger partial charge is 0.251 e. The third-order valence-corrected chi connectivity index (χ3v) is 9.01. The number of Topliss-reactive ketones (excluding diaryl/α,β-unsaturated/α-hetero) is 1. The minimum Gasteiger partial charge on any atom is -0.297 e. The highest BCUT2D eigenvalue weighted by Crippen LogP contribution is 2.45. The van der Waals surface area contributed by atoms with E-state index in [-0.39, 0.29) is 72.1 Å². The van der Waals surface area contributed by atoms with Crippen molar-refractivity contribution in [3.63, 3.8) is 0 Å². The normalized spacial score (nSPS) is 18.4. The number of alkyl halides is 2. The molecule has 2 aliphatic rings. The topological polar surface area (TPSA) is 94.4 Å². The quantitative estimate of drug-likeness (QED) is 0.219. The van der Waals surface area contributed by atoms with Gasteiger partial charge in [-0.3, -0.25) is 24.2 Å². The highest BCUT2D eigenvalue weighted by molar-refractivity contribution is 7.98. The summed E-state index contributed by atoms with van der Waals surface area (Å²) >= 11 is 7.83. The summed E-state index contributed by atoms with van der Waals surface area (Å²) in [7, 11) is 0. The molecule has 0 bridgehead atoms. The van der Waals surface area contributed by atoms with Gasteiger partial charge in [0.25, 0.3) is 5.91 Å². The molecular weight excluding hydrogens is 613 g/mol. The Morgan fingerprint density at radius 1 is 1.20 bits per heavy atom. The van der Waals surface area contributed by atoms with E-state index in [4.69, 9.17) is 11.6 Å². The van der Waals surface area contributed by atoms with E-state index in [0.29, 0.717) is 4.90 Å². The predicted molar refractivity (Wildman–Crippen MR) is 161 cm³/mol. The maximum Gasteiger partial charge on any atom is 0.251 e. The van der Waals surface area contributed by atoms with Crippen LogP contribution in [0.1, 0.15) is 55.7 Å². The average Bonchev–Trinajstić information content (AvgIpc) is 3.38. The molecule has 2 amide bonds. The van der Waals surface area contributed by atoms with E-state index in [0.717, 1.165) is 6.07 Å². The molecule has 1 saturated carbocycles. The summed E-state index contributed by atoms with van der Waals surface area (Å²) in [4.78, 5) is 49.0. The fraction of sp³-hybridized carbons (Fsp3) is 0.344. The zero-order chi connectivity index (χ0) is 31.6. The molecule has 1 aliphatic heterocycles. The van der Waals surface area contributed by atoms with E-state index < -0.39 is 41.4 Å². The van der Waals surface area contributed by atoms with Crippen LogP contribution >= 0.6 is 23.4 Å². The molecule has 1 aliphatic carbocycles. The number of hydrogen-bond acceptors (Lipinski definition) is 6. The molecule has 12 heteroatoms. The molecule has 44 heavy (non-hydrogen) atoms. The molecule has 2 aromatic carbocycles. The van der Waals surface area contributed by atoms with Crippen LogP contribution in [0.5, 0.6) is 0 Å². The Morgan fingerprint density at radius 3 is 2.64 bits per heavy atom. The molecule has 0 N–H and O–H groups in total. The number of amides is 2. The van der Waals surface area contributed by atoms with Crippen LogP contribution in [0.2, 0.25) is 5.02 Å². The SMILES string of the molecule is CSc1cc(F)cc(N(C(=O)C2CCC(=O)N2c2cc(C#N)ccn2)C(C(=O)CCC2CC(F)(F)C2)c2ccccc2Cl)c1. The third-order valence-electron chi connectivity index (χ3n) is 7.96. The molecule has 228 valence electrons. The summed E-state index contributed by atoms with van der Waals surface area (Å²) < 4.78 is 42.1. The van der Waals surface area contributed by atoms with Crippen LogP contribution in [0.15, 0.2) is 65.7 Å². The average molecular weight is 641 g/mol. The van der Waals surface area contributed by atoms with E-state index >= 15 is 0 Å². The van der Waals surface area contributed by atoms with Crippen molar-refractivity contribution in [1.82, 2.24) is 4.98 Å². The van der Waals surface area contributed by atoms with Crippen molar-refractivity contribution < 1.29 is 27.6 Å². The highest BCUT2D eigenvalue weighted by Gasteiger charge is 2.47. The second-order valence-electron chi connectivity index (χ2n) is 10.9. The summed E-state index contributed by atoms with van der Waals surface area (Å²) in [6.45, 7) is 0. The standard InChI is InChI=1S/C32H28ClF3N4O3S/c1-44-23-14-21(34)13-22(15-23)39(31(43)26-7-9-29(42)40(26)28-12-19(18-37)10-11-38-28)30(24-4-2-3-5-25(24)33)27(41)8-6-20-16-32(35,36)17-20/h2-5,10-15,20,26,30H,6-9,16-17H2,1H3. The number of benzene rings is 2. The molecule has 0 spiro atoms. The van der Waals surface area contributed by atoms with Crippen molar-refractivity contribution in [3.05, 3.63) is 82.8 Å². The summed E-state index contributed by atoms with van der Waals surface area (Å²) in [6.07, 6.45) is 2.63. The monoisotopic (exact) mass is 640 g/mol. The van der Waals surface area contributed by atoms with Crippen LogP contribution in [-0.2, 0) is 14.4 Å². The van der Waals surface area contributed by atoms with Crippen molar-refractivity contribution in [2.75, 3.05) is 16.1 Å². The lowest BCUT2D eigenvalue weighted by atomic mass is 9.77. The lowest BCUT2D eigenvalue weighted by Gasteiger charge is -2.37. The fourth-order valence-corrected chi connectivity index (χ4v) is 6.53. The highest BCUT2D eigenvalue weighted by atomic mass is 35.5. The molecule has 7 nitrogen and oxygen atoms in total. The first kappa shape index (κ1) is 31.5. The summed E-state index contributed by atoms with van der Waals surface area (Å²) in [5.74, 6) is -5.17. The first-order valence-electron chi connectivity index (χ1n) is 14.0. The maximum atomic E-state index is 15.0. The molecule has 2 unspecified atom stereocenters. The van der Waals surface area contributed by atoms with E-state index in [2.05, 4.69) is 4.98 Å². The van der Waals surface area contributed by atoms with E-state index in [1.807, 2.05) is 6.07 Å². The number of rotatable bonds is 10. The van der Waals surface area contributed by atoms with Crippen LogP contribution < -0.4 is 9.80 Å². The molecule has 1 aromatic heterocycles. The number of halogens is 4. The Morgan fingerprint density at radius 2 is 1.95 bits per heavy atom. The van der Waals surface area contributed by atoms with Gasteiger partial charge >= 0.3 is 0 Å². The second kappa shape index (κ2) is 13.0. The second-order valence-corrected chi connectivity index (χ2v) is 12.2. The zero-order valence-electron chi connectivity index (χ0n) is 23.7. The number of aromatic nitrogens is 1. The Balaban J connectivity index is 1.61. The number of nitrogens with zero attached hydrogens (tertiary/aromatic N) is 4. The van der Waals surface area contributed by atoms with Crippen LogP contribution in [0.4, 0.5) is 24.7 Å². The molecular formula is C32H28ClF3N4O3S. The summed E-state index contributed by atoms with van der Waals surface area (Å²) in [5.41, 5.74) is 0.589. The number of carbonyl (C=O) groups is 3. The summed E-state index contributed by atoms with van der Waals surface area (Å²) in [5, 5.41) is 9.58. The van der Waals surface area contributed by atoms with Gasteiger partial charge in [0.05, 0.1) is 11.6 Å². The van der Waals surface area contributed by atoms with Gasteiger partial charge < -0.3 is 0 Å². The number of nitriles is 1. The number of pyridine rings is 1. The van der Waals surface area contributed by atoms with Crippen molar-refractivity contribution in [3.8, 4) is 6.07 Å². The number of hydrogen-bond donors (Lipinski definition) is 0. The molecule has 2 heterocycles. The minimum atomic E-state index is -2.75. The number of ketones is 1. The lowest BCUT2D eigenvalue weighted by molar-refractivity contribution is -0.129. The van der Waals surface area contributed by atoms with Crippen molar-refractivity contribution in [2.24, 2.45) is 5.92 Å². The van der Waals surface area contributed by atoms with Gasteiger partial charge in [-0.15, -0.1) is 11.8 Å². The van der Waals surface area contributed by atoms with Crippen molar-refractivity contribution >= 4 is 52.5 Å². The van der Waals surface area contributed by atoms with Gasteiger partial charge in [0.2, 0.25) is 11.8 Å². The Labute approximate surface area is 262 Å². The van der Waals surface area contributed by atoms with Crippen LogP contribution in [0, 0.1) is 23.1 Å². The van der Waals surface area contributed by atoms with Gasteiger partial charge in [-0.05, 0) is 61.4 Å². The molecule has 0 radical (unpaired) electrons. The molecule has 3 aromatic rings. The molecule has 5 rings (SSSR count). The van der Waals surface area contributed by atoms with Gasteiger partial charge in [-0.2, -0.15) is 5.26 Å². The van der Waals surface area contributed by atoms with Crippen LogP contribution in [0.3, 0.4) is 0 Å². The van der Waals surface area contributed by atoms with Crippen LogP contribution in [-0.4, -0.2) is 40.8 Å². The van der Waals surface area contributed by atoms with Gasteiger partial charge in [-0.1, -0.05) is 29.8 Å². The summed E-state index contributed by atoms with van der Waals surface area (Å²) in [6, 6.07) is 12.9. The third kappa shape index (κ3) is 6.61. The van der Waals surface area contributed by atoms with Crippen LogP contribution in [0.25, 0.3) is 0 Å². The maximum absolute atomic E-state index is 15.0. The largest absolute Gasteiger partial charge is 0.297 e. The minimum absolute atomic E-state index is 0.00250. The van der Waals surface area contributed by atoms with Gasteiger partial charge in [-0.25, -0.2) is 18.2 Å². The lowest BCUT2D eigenvalue weighted by Crippen LogP contribution is -2.50. The van der Waals surface area contributed by atoms with E-state index in [9.17, 15) is 32.8 Å². The number of thioether (sulfide) groups is 1. The molecule has 1 saturated heterocycles. The first-order valence-corrected chi connectivity index (χ1v) is 15.6.